The molecule has 17 heteroatoms. The van der Waals surface area contributed by atoms with Crippen molar-refractivity contribution in [3.05, 3.63) is 33.4 Å². The third kappa shape index (κ3) is 21.6. The molecule has 11 fully saturated rings. The van der Waals surface area contributed by atoms with Crippen molar-refractivity contribution in [2.45, 2.75) is 422 Å². The Balaban J connectivity index is 0.000000166. The molecule has 0 aromatic carbocycles. The van der Waals surface area contributed by atoms with E-state index in [0.717, 1.165) is 222 Å². The largest absolute Gasteiger partial charge is 0.393 e. The summed E-state index contributed by atoms with van der Waals surface area (Å²) < 4.78 is 24.3. The summed E-state index contributed by atoms with van der Waals surface area (Å²) in [6.45, 7) is 28.5. The number of hydrogen-bond donors (Lipinski definition) is 2. The van der Waals surface area contributed by atoms with Gasteiger partial charge in [-0.2, -0.15) is 0 Å². The third-order valence-corrected chi connectivity index (χ3v) is 30.3. The maximum atomic E-state index is 12.3. The van der Waals surface area contributed by atoms with Gasteiger partial charge in [0.1, 0.15) is 46.3 Å². The van der Waals surface area contributed by atoms with E-state index in [9.17, 15) is 63.0 Å². The van der Waals surface area contributed by atoms with Gasteiger partial charge in [-0.1, -0.05) is 98.8 Å². The number of fused-ring (bicyclic) bond motifs is 5. The number of hydrogen-bond acceptors (Lipinski definition) is 17. The van der Waals surface area contributed by atoms with E-state index in [1.54, 1.807) is 13.8 Å². The van der Waals surface area contributed by atoms with Crippen molar-refractivity contribution >= 4 is 63.6 Å². The molecule has 0 radical (unpaired) electrons. The first-order valence-corrected chi connectivity index (χ1v) is 45.2. The molecule has 2 N–H and O–H groups in total. The number of ketones is 11. The standard InChI is InChI=1S/C18H30O3.C18H28O3.C13H20O3.C13H22O2.C13H20O2.C13H18O2.C7H10O2/c2*1-3-13-14-7-6-8-16(18(14,2)11-10-15(13)19)21-17-9-4-5-12-20-17;1-3-5-10(14)8-9-13(2)11(15)6-4-7-12(13)16;3*1-3-9-10-5-4-6-12(15)13(10,2)8-7-11(9)14;1-5-6(8)3-2-4-7(5)9/h13-14,16-17H,3-12H2,1-2H3;16-17H,3-12H2,1-2H3;3-9H2,1-2H3;9-10,12,15H,3-8H2,1-2H3;12,15H,3-8H2,1-2H3;3-8H2,1-2H3;5H,2-4H2,1H3/t13-,14-,16-,17?,18-;16-,17?,18-;;9-,10-,12-,13-;12-,13-;;/m00.00../s1. The van der Waals surface area contributed by atoms with Gasteiger partial charge in [-0.15, -0.1) is 0 Å². The molecule has 12 aliphatic carbocycles. The topological polar surface area (TPSA) is 265 Å². The fourth-order valence-electron chi connectivity index (χ4n) is 22.6. The number of ether oxygens (including phenoxy) is 4. The van der Waals surface area contributed by atoms with Gasteiger partial charge in [-0.25, -0.2) is 0 Å². The molecule has 2 aliphatic heterocycles. The minimum atomic E-state index is -0.873. The first-order chi connectivity index (χ1) is 53.3. The van der Waals surface area contributed by atoms with Gasteiger partial charge in [0.25, 0.3) is 0 Å². The lowest BCUT2D eigenvalue weighted by Crippen LogP contribution is -2.52. The van der Waals surface area contributed by atoms with Crippen LogP contribution in [0.2, 0.25) is 0 Å². The molecular weight excluding hydrogens is 1410 g/mol. The Labute approximate surface area is 673 Å². The van der Waals surface area contributed by atoms with E-state index in [1.165, 1.54) is 36.8 Å². The quantitative estimate of drug-likeness (QED) is 0.153. The average molecular weight is 1560 g/mol. The monoisotopic (exact) mass is 1560 g/mol. The Morgan fingerprint density at radius 2 is 0.839 bits per heavy atom. The molecule has 9 saturated carbocycles. The Morgan fingerprint density at radius 3 is 1.36 bits per heavy atom. The van der Waals surface area contributed by atoms with Crippen molar-refractivity contribution in [2.75, 3.05) is 13.2 Å². The predicted molar refractivity (Wildman–Crippen MR) is 436 cm³/mol. The Morgan fingerprint density at radius 1 is 0.402 bits per heavy atom. The third-order valence-electron chi connectivity index (χ3n) is 30.3. The van der Waals surface area contributed by atoms with Gasteiger partial charge in [0, 0.05) is 118 Å². The van der Waals surface area contributed by atoms with Crippen LogP contribution in [0.4, 0.5) is 0 Å². The highest BCUT2D eigenvalue weighted by Crippen LogP contribution is 2.57. The second kappa shape index (κ2) is 42.1. The fraction of sp³-hybridized carbons (Fsp3) is 0.821. The molecule has 0 spiro atoms. The normalized spacial score (nSPS) is 35.4. The van der Waals surface area contributed by atoms with E-state index in [0.29, 0.717) is 124 Å². The second-order valence-corrected chi connectivity index (χ2v) is 37.2. The van der Waals surface area contributed by atoms with Crippen LogP contribution in [0.15, 0.2) is 33.4 Å². The van der Waals surface area contributed by atoms with Gasteiger partial charge in [0.2, 0.25) is 0 Å². The molecule has 2 heterocycles. The lowest BCUT2D eigenvalue weighted by Gasteiger charge is -2.53. The number of aliphatic hydroxyl groups excluding tert-OH is 2. The highest BCUT2D eigenvalue weighted by molar-refractivity contribution is 6.09. The zero-order valence-electron chi connectivity index (χ0n) is 71.8. The summed E-state index contributed by atoms with van der Waals surface area (Å²) >= 11 is 0. The van der Waals surface area contributed by atoms with Gasteiger partial charge < -0.3 is 29.2 Å². The molecule has 0 aromatic heterocycles. The number of allylic oxidation sites excluding steroid dienone is 4. The molecule has 17 nitrogen and oxygen atoms in total. The summed E-state index contributed by atoms with van der Waals surface area (Å²) in [6, 6.07) is 0. The van der Waals surface area contributed by atoms with Gasteiger partial charge >= 0.3 is 0 Å². The summed E-state index contributed by atoms with van der Waals surface area (Å²) in [6.07, 6.45) is 40.3. The molecule has 112 heavy (non-hydrogen) atoms. The number of carbonyl (C=O) groups is 11. The lowest BCUT2D eigenvalue weighted by molar-refractivity contribution is -0.232. The van der Waals surface area contributed by atoms with Crippen LogP contribution >= 0.6 is 0 Å². The Hall–Kier alpha value is -4.65. The number of rotatable bonds is 14. The summed E-state index contributed by atoms with van der Waals surface area (Å²) in [5.41, 5.74) is 5.88. The fourth-order valence-corrected chi connectivity index (χ4v) is 22.6. The summed E-state index contributed by atoms with van der Waals surface area (Å²) in [5.74, 6) is 3.83. The highest BCUT2D eigenvalue weighted by atomic mass is 16.7. The van der Waals surface area contributed by atoms with E-state index >= 15 is 0 Å². The van der Waals surface area contributed by atoms with Crippen molar-refractivity contribution in [1.29, 1.82) is 0 Å². The Bertz CT molecular complexity index is 3380. The maximum absolute atomic E-state index is 12.3. The molecule has 0 aromatic rings. The molecule has 15 atom stereocenters. The van der Waals surface area contributed by atoms with Gasteiger partial charge in [0.05, 0.1) is 35.7 Å². The van der Waals surface area contributed by atoms with Crippen LogP contribution in [0.1, 0.15) is 385 Å². The first kappa shape index (κ1) is 92.9. The van der Waals surface area contributed by atoms with Crippen LogP contribution < -0.4 is 0 Å². The van der Waals surface area contributed by atoms with Gasteiger partial charge in [-0.05, 0) is 266 Å². The van der Waals surface area contributed by atoms with Gasteiger partial charge in [0.15, 0.2) is 29.9 Å². The first-order valence-electron chi connectivity index (χ1n) is 45.2. The van der Waals surface area contributed by atoms with Crippen LogP contribution in [-0.2, 0) is 71.7 Å². The van der Waals surface area contributed by atoms with E-state index in [4.69, 9.17) is 18.9 Å². The van der Waals surface area contributed by atoms with Crippen LogP contribution in [-0.4, -0.2) is 124 Å². The van der Waals surface area contributed by atoms with E-state index in [1.807, 2.05) is 27.7 Å². The van der Waals surface area contributed by atoms with Crippen LogP contribution in [0, 0.1) is 62.1 Å². The van der Waals surface area contributed by atoms with E-state index in [-0.39, 0.29) is 117 Å². The van der Waals surface area contributed by atoms with E-state index < -0.39 is 5.41 Å². The molecule has 14 aliphatic rings. The number of aliphatic hydroxyl groups is 2. The van der Waals surface area contributed by atoms with Crippen molar-refractivity contribution in [3.63, 3.8) is 0 Å². The minimum Gasteiger partial charge on any atom is -0.393 e. The minimum absolute atomic E-state index is 0.00275. The SMILES string of the molecule is CC1C(=O)CCCC1=O.CCC1=C2CCCC(=O)C2(C)CCC1=O.CCC1=C2CCC[C@H](O)[C@@]2(C)CCC1=O.CCC1=C2CCC[C@H](OC3CCCCO3)[C@@]2(C)CCC1=O.CCCC(=O)CCC1(C)C(=O)CCCC1=O.CC[C@@H]1C(=O)CC[C@]2(C)[C@@H](O)CCC[C@@H]12.CC[C@@H]1C(=O)CC[C@]2(C)[C@@H](OC3CCCCO3)CCC[C@@H]12. The summed E-state index contributed by atoms with van der Waals surface area (Å²) in [5, 5.41) is 20.3. The van der Waals surface area contributed by atoms with Crippen molar-refractivity contribution < 1.29 is 81.9 Å². The summed E-state index contributed by atoms with van der Waals surface area (Å²) in [7, 11) is 0. The number of Topliss-reactive ketones (excluding diaryl/α,β-unsaturated/α-hetero) is 11. The number of carbonyl (C=O) groups excluding carboxylic acids is 11. The molecule has 14 rings (SSSR count). The average Bonchev–Trinajstić information content (AvgIpc) is 0.805. The maximum Gasteiger partial charge on any atom is 0.158 e. The van der Waals surface area contributed by atoms with Crippen LogP contribution in [0.25, 0.3) is 0 Å². The molecule has 0 bridgehead atoms. The molecule has 2 saturated heterocycles. The van der Waals surface area contributed by atoms with Crippen molar-refractivity contribution in [2.24, 2.45) is 62.1 Å². The van der Waals surface area contributed by atoms with Crippen molar-refractivity contribution in [3.8, 4) is 0 Å². The van der Waals surface area contributed by atoms with Crippen molar-refractivity contribution in [1.82, 2.24) is 0 Å². The zero-order valence-corrected chi connectivity index (χ0v) is 71.8. The smallest absolute Gasteiger partial charge is 0.158 e. The molecule has 630 valence electrons. The predicted octanol–water partition coefficient (Wildman–Crippen LogP) is 19.6. The summed E-state index contributed by atoms with van der Waals surface area (Å²) in [4.78, 5) is 128. The lowest BCUT2D eigenvalue weighted by atomic mass is 9.54. The second-order valence-electron chi connectivity index (χ2n) is 37.2. The Kier molecular flexibility index (Phi) is 34.9. The van der Waals surface area contributed by atoms with Crippen LogP contribution in [0.5, 0.6) is 0 Å². The highest BCUT2D eigenvalue weighted by Gasteiger charge is 2.55. The molecule has 3 unspecified atom stereocenters. The zero-order chi connectivity index (χ0) is 81.9. The van der Waals surface area contributed by atoms with Crippen LogP contribution in [0.3, 0.4) is 0 Å². The molecular formula is C95H148O17. The molecule has 0 amide bonds. The van der Waals surface area contributed by atoms with Gasteiger partial charge in [-0.3, -0.25) is 52.7 Å². The van der Waals surface area contributed by atoms with E-state index in [2.05, 4.69) is 48.5 Å².